The number of aliphatic hydroxyl groups is 1. The maximum Gasteiger partial charge on any atom is 0.416 e. The Morgan fingerprint density at radius 2 is 1.96 bits per heavy atom. The number of halogens is 3. The fraction of sp³-hybridized carbons (Fsp3) is 0.294. The lowest BCUT2D eigenvalue weighted by Crippen LogP contribution is -2.09. The Morgan fingerprint density at radius 3 is 2.60 bits per heavy atom. The van der Waals surface area contributed by atoms with Crippen molar-refractivity contribution in [2.45, 2.75) is 32.2 Å². The summed E-state index contributed by atoms with van der Waals surface area (Å²) in [6.07, 6.45) is -1.03. The number of hydrogen-bond donors (Lipinski definition) is 1. The summed E-state index contributed by atoms with van der Waals surface area (Å²) in [7, 11) is 0. The van der Waals surface area contributed by atoms with Gasteiger partial charge < -0.3 is 9.67 Å². The van der Waals surface area contributed by atoms with Crippen molar-refractivity contribution in [1.82, 2.24) is 14.5 Å². The zero-order valence-electron chi connectivity index (χ0n) is 13.4. The molecule has 1 N–H and O–H groups in total. The normalized spacial score (nSPS) is 13.2. The second kappa shape index (κ2) is 6.97. The van der Waals surface area contributed by atoms with Crippen molar-refractivity contribution >= 4 is 11.3 Å². The van der Waals surface area contributed by atoms with Crippen LogP contribution in [-0.4, -0.2) is 19.6 Å². The smallest absolute Gasteiger partial charge is 0.385 e. The summed E-state index contributed by atoms with van der Waals surface area (Å²) in [5.41, 5.74) is 0.732. The van der Waals surface area contributed by atoms with E-state index >= 15 is 0 Å². The van der Waals surface area contributed by atoms with E-state index in [9.17, 15) is 18.3 Å². The van der Waals surface area contributed by atoms with E-state index in [1.165, 1.54) is 23.5 Å². The summed E-state index contributed by atoms with van der Waals surface area (Å²) in [5.74, 6) is 0.576. The first kappa shape index (κ1) is 17.6. The van der Waals surface area contributed by atoms with Gasteiger partial charge in [0.1, 0.15) is 16.9 Å². The number of imidazole rings is 1. The Labute approximate surface area is 146 Å². The van der Waals surface area contributed by atoms with Crippen LogP contribution >= 0.6 is 11.3 Å². The lowest BCUT2D eigenvalue weighted by molar-refractivity contribution is -0.137. The van der Waals surface area contributed by atoms with Gasteiger partial charge in [0, 0.05) is 23.3 Å². The highest BCUT2D eigenvalue weighted by Crippen LogP contribution is 2.32. The number of benzene rings is 1. The monoisotopic (exact) mass is 367 g/mol. The van der Waals surface area contributed by atoms with Gasteiger partial charge in [-0.25, -0.2) is 9.97 Å². The van der Waals surface area contributed by atoms with Crippen molar-refractivity contribution < 1.29 is 18.3 Å². The van der Waals surface area contributed by atoms with E-state index in [2.05, 4.69) is 9.97 Å². The van der Waals surface area contributed by atoms with E-state index < -0.39 is 17.8 Å². The van der Waals surface area contributed by atoms with Crippen LogP contribution in [0.1, 0.15) is 36.5 Å². The van der Waals surface area contributed by atoms with Crippen LogP contribution in [-0.2, 0) is 12.7 Å². The van der Waals surface area contributed by atoms with Crippen molar-refractivity contribution in [3.63, 3.8) is 0 Å². The average molecular weight is 367 g/mol. The fourth-order valence-corrected chi connectivity index (χ4v) is 3.24. The van der Waals surface area contributed by atoms with Crippen LogP contribution in [0.2, 0.25) is 0 Å². The van der Waals surface area contributed by atoms with Crippen LogP contribution in [0.15, 0.2) is 42.0 Å². The van der Waals surface area contributed by atoms with Crippen molar-refractivity contribution in [1.29, 1.82) is 0 Å². The number of thiazole rings is 1. The summed E-state index contributed by atoms with van der Waals surface area (Å²) >= 11 is 1.37. The molecule has 4 nitrogen and oxygen atoms in total. The number of rotatable bonds is 5. The lowest BCUT2D eigenvalue weighted by atomic mass is 10.1. The molecule has 8 heteroatoms. The summed E-state index contributed by atoms with van der Waals surface area (Å²) < 4.78 is 39.7. The molecular weight excluding hydrogens is 351 g/mol. The van der Waals surface area contributed by atoms with Gasteiger partial charge >= 0.3 is 6.18 Å². The van der Waals surface area contributed by atoms with Gasteiger partial charge in [-0.2, -0.15) is 13.2 Å². The number of nitrogens with zero attached hydrogens (tertiary/aromatic N) is 3. The summed E-state index contributed by atoms with van der Waals surface area (Å²) in [6, 6.07) is 4.97. The second-order valence-electron chi connectivity index (χ2n) is 5.56. The third-order valence-corrected chi connectivity index (χ3v) is 4.72. The lowest BCUT2D eigenvalue weighted by Gasteiger charge is -2.10. The van der Waals surface area contributed by atoms with Crippen molar-refractivity contribution in [2.75, 3.05) is 0 Å². The van der Waals surface area contributed by atoms with E-state index in [4.69, 9.17) is 0 Å². The molecule has 0 aliphatic heterocycles. The van der Waals surface area contributed by atoms with E-state index in [1.54, 1.807) is 12.4 Å². The molecular formula is C17H16F3N3OS. The van der Waals surface area contributed by atoms with E-state index in [-0.39, 0.29) is 0 Å². The summed E-state index contributed by atoms with van der Waals surface area (Å²) in [6.45, 7) is 2.32. The molecule has 3 rings (SSSR count). The van der Waals surface area contributed by atoms with Gasteiger partial charge in [-0.15, -0.1) is 11.3 Å². The molecule has 1 aromatic carbocycles. The molecule has 0 fully saturated rings. The van der Waals surface area contributed by atoms with Gasteiger partial charge in [0.15, 0.2) is 0 Å². The van der Waals surface area contributed by atoms with Crippen LogP contribution in [0.5, 0.6) is 0 Å². The Bertz CT molecular complexity index is 839. The van der Waals surface area contributed by atoms with Crippen LogP contribution in [0.4, 0.5) is 13.2 Å². The standard InChI is InChI=1S/C17H16F3N3OS/c1-2-14(24)15-21-7-8-23(15)9-13-10-25-16(22-13)11-3-5-12(6-4-11)17(18,19)20/h3-8,10,14,24H,2,9H2,1H3. The molecule has 0 aliphatic rings. The molecule has 132 valence electrons. The highest BCUT2D eigenvalue weighted by atomic mass is 32.1. The molecule has 2 heterocycles. The maximum atomic E-state index is 12.6. The molecule has 0 amide bonds. The Balaban J connectivity index is 1.78. The largest absolute Gasteiger partial charge is 0.416 e. The zero-order chi connectivity index (χ0) is 18.0. The first-order valence-corrected chi connectivity index (χ1v) is 8.57. The van der Waals surface area contributed by atoms with Crippen LogP contribution in [0.25, 0.3) is 10.6 Å². The minimum absolute atomic E-state index is 0.448. The predicted molar refractivity (Wildman–Crippen MR) is 89.1 cm³/mol. The van der Waals surface area contributed by atoms with Crippen LogP contribution in [0, 0.1) is 0 Å². The third-order valence-electron chi connectivity index (χ3n) is 3.78. The fourth-order valence-electron chi connectivity index (χ4n) is 2.42. The molecule has 0 bridgehead atoms. The van der Waals surface area contributed by atoms with E-state index in [0.29, 0.717) is 29.4 Å². The van der Waals surface area contributed by atoms with Crippen LogP contribution in [0.3, 0.4) is 0 Å². The van der Waals surface area contributed by atoms with Gasteiger partial charge in [0.2, 0.25) is 0 Å². The second-order valence-corrected chi connectivity index (χ2v) is 6.41. The van der Waals surface area contributed by atoms with Crippen molar-refractivity contribution in [3.8, 4) is 10.6 Å². The number of hydrogen-bond acceptors (Lipinski definition) is 4. The van der Waals surface area contributed by atoms with Gasteiger partial charge in [-0.1, -0.05) is 19.1 Å². The first-order chi connectivity index (χ1) is 11.9. The van der Waals surface area contributed by atoms with Gasteiger partial charge in [0.05, 0.1) is 17.8 Å². The molecule has 3 aromatic rings. The first-order valence-electron chi connectivity index (χ1n) is 7.69. The van der Waals surface area contributed by atoms with Crippen molar-refractivity contribution in [3.05, 3.63) is 59.1 Å². The Kier molecular flexibility index (Phi) is 4.91. The molecule has 1 atom stereocenters. The maximum absolute atomic E-state index is 12.6. The predicted octanol–water partition coefficient (Wildman–Crippen LogP) is 4.52. The minimum Gasteiger partial charge on any atom is -0.385 e. The summed E-state index contributed by atoms with van der Waals surface area (Å²) in [4.78, 5) is 8.64. The molecule has 0 radical (unpaired) electrons. The minimum atomic E-state index is -4.34. The number of aromatic nitrogens is 3. The SMILES string of the molecule is CCC(O)c1nccn1Cc1csc(-c2ccc(C(F)(F)F)cc2)n1. The molecule has 25 heavy (non-hydrogen) atoms. The number of aliphatic hydroxyl groups excluding tert-OH is 1. The number of alkyl halides is 3. The van der Waals surface area contributed by atoms with Gasteiger partial charge in [-0.3, -0.25) is 0 Å². The third kappa shape index (κ3) is 3.91. The molecule has 0 saturated heterocycles. The highest BCUT2D eigenvalue weighted by molar-refractivity contribution is 7.13. The zero-order valence-corrected chi connectivity index (χ0v) is 14.2. The Hall–Kier alpha value is -2.19. The van der Waals surface area contributed by atoms with E-state index in [1.807, 2.05) is 16.9 Å². The molecule has 2 aromatic heterocycles. The molecule has 1 unspecified atom stereocenters. The Morgan fingerprint density at radius 1 is 1.24 bits per heavy atom. The topological polar surface area (TPSA) is 50.9 Å². The van der Waals surface area contributed by atoms with Gasteiger partial charge in [0.25, 0.3) is 0 Å². The molecule has 0 spiro atoms. The average Bonchev–Trinajstić information content (AvgIpc) is 3.23. The highest BCUT2D eigenvalue weighted by Gasteiger charge is 2.30. The molecule has 0 aliphatic carbocycles. The van der Waals surface area contributed by atoms with E-state index in [0.717, 1.165) is 17.8 Å². The van der Waals surface area contributed by atoms with Crippen LogP contribution < -0.4 is 0 Å². The quantitative estimate of drug-likeness (QED) is 0.721. The van der Waals surface area contributed by atoms with Gasteiger partial charge in [-0.05, 0) is 18.6 Å². The summed E-state index contributed by atoms with van der Waals surface area (Å²) in [5, 5.41) is 12.5. The molecule has 0 saturated carbocycles. The van der Waals surface area contributed by atoms with Crippen molar-refractivity contribution in [2.24, 2.45) is 0 Å².